The van der Waals surface area contributed by atoms with E-state index in [9.17, 15) is 14.7 Å². The number of hydrogen-bond acceptors (Lipinski definition) is 6. The molecule has 0 radical (unpaired) electrons. The summed E-state index contributed by atoms with van der Waals surface area (Å²) in [6.45, 7) is 8.11. The summed E-state index contributed by atoms with van der Waals surface area (Å²) in [5.74, 6) is -0.828. The predicted molar refractivity (Wildman–Crippen MR) is 89.3 cm³/mol. The van der Waals surface area contributed by atoms with Crippen LogP contribution in [0.5, 0.6) is 0 Å². The van der Waals surface area contributed by atoms with E-state index in [1.54, 1.807) is 0 Å². The van der Waals surface area contributed by atoms with Crippen molar-refractivity contribution in [3.05, 3.63) is 0 Å². The highest BCUT2D eigenvalue weighted by Gasteiger charge is 2.37. The summed E-state index contributed by atoms with van der Waals surface area (Å²) in [5.41, 5.74) is 0. The Kier molecular flexibility index (Phi) is 9.29. The Balaban J connectivity index is 2.53. The molecule has 0 amide bonds. The smallest absolute Gasteiger partial charge is 0.309 e. The summed E-state index contributed by atoms with van der Waals surface area (Å²) in [5, 5.41) is 10.4. The fourth-order valence-electron chi connectivity index (χ4n) is 2.89. The Bertz CT molecular complexity index is 389. The van der Waals surface area contributed by atoms with Crippen molar-refractivity contribution in [1.82, 2.24) is 0 Å². The molecule has 0 saturated carbocycles. The van der Waals surface area contributed by atoms with Crippen LogP contribution in [0.1, 0.15) is 59.8 Å². The molecular weight excluding hydrogens is 312 g/mol. The molecule has 6 nitrogen and oxygen atoms in total. The number of ether oxygens (including phenoxy) is 3. The Morgan fingerprint density at radius 2 is 1.58 bits per heavy atom. The minimum Gasteiger partial charge on any atom is -0.463 e. The van der Waals surface area contributed by atoms with E-state index in [0.29, 0.717) is 25.9 Å². The van der Waals surface area contributed by atoms with Crippen LogP contribution < -0.4 is 0 Å². The molecule has 1 aliphatic rings. The van der Waals surface area contributed by atoms with Crippen LogP contribution in [0.15, 0.2) is 0 Å². The average molecular weight is 344 g/mol. The number of aliphatic hydroxyl groups is 1. The van der Waals surface area contributed by atoms with Gasteiger partial charge in [0.1, 0.15) is 24.9 Å². The minimum absolute atomic E-state index is 0.0183. The number of aliphatic hydroxyl groups excluding tert-OH is 1. The fourth-order valence-corrected chi connectivity index (χ4v) is 2.89. The third-order valence-corrected chi connectivity index (χ3v) is 4.79. The highest BCUT2D eigenvalue weighted by molar-refractivity contribution is 5.72. The first-order chi connectivity index (χ1) is 11.5. The van der Waals surface area contributed by atoms with Gasteiger partial charge in [-0.3, -0.25) is 9.59 Å². The van der Waals surface area contributed by atoms with Crippen molar-refractivity contribution in [2.24, 2.45) is 11.8 Å². The van der Waals surface area contributed by atoms with Crippen LogP contribution in [0.3, 0.4) is 0 Å². The molecule has 3 atom stereocenters. The van der Waals surface area contributed by atoms with E-state index in [1.165, 1.54) is 0 Å². The van der Waals surface area contributed by atoms with Gasteiger partial charge in [-0.25, -0.2) is 0 Å². The van der Waals surface area contributed by atoms with E-state index in [1.807, 2.05) is 27.7 Å². The normalized spacial score (nSPS) is 24.2. The molecule has 0 spiro atoms. The highest BCUT2D eigenvalue weighted by Crippen LogP contribution is 2.21. The molecule has 1 fully saturated rings. The Hall–Kier alpha value is -1.14. The van der Waals surface area contributed by atoms with E-state index in [2.05, 4.69) is 0 Å². The molecule has 6 heteroatoms. The van der Waals surface area contributed by atoms with Crippen LogP contribution >= 0.6 is 0 Å². The molecule has 0 aromatic heterocycles. The Labute approximate surface area is 144 Å². The lowest BCUT2D eigenvalue weighted by molar-refractivity contribution is -0.191. The summed E-state index contributed by atoms with van der Waals surface area (Å²) in [6, 6.07) is 0. The molecule has 1 rings (SSSR count). The van der Waals surface area contributed by atoms with Crippen LogP contribution in [-0.2, 0) is 23.8 Å². The summed E-state index contributed by atoms with van der Waals surface area (Å²) in [4.78, 5) is 24.0. The molecule has 0 aliphatic carbocycles. The Morgan fingerprint density at radius 3 is 2.12 bits per heavy atom. The van der Waals surface area contributed by atoms with Gasteiger partial charge in [0.05, 0.1) is 18.4 Å². The van der Waals surface area contributed by atoms with Gasteiger partial charge < -0.3 is 19.3 Å². The number of carbonyl (C=O) groups is 2. The third-order valence-electron chi connectivity index (χ3n) is 4.79. The summed E-state index contributed by atoms with van der Waals surface area (Å²) < 4.78 is 16.2. The number of hydrogen-bond donors (Lipinski definition) is 1. The molecular formula is C18H32O6. The first-order valence-electron chi connectivity index (χ1n) is 9.15. The maximum atomic E-state index is 12.1. The van der Waals surface area contributed by atoms with Crippen molar-refractivity contribution in [3.8, 4) is 0 Å². The van der Waals surface area contributed by atoms with Crippen molar-refractivity contribution in [2.45, 2.75) is 78.1 Å². The van der Waals surface area contributed by atoms with Gasteiger partial charge >= 0.3 is 11.9 Å². The van der Waals surface area contributed by atoms with E-state index in [-0.39, 0.29) is 30.4 Å². The number of carbonyl (C=O) groups excluding carboxylic acids is 2. The topological polar surface area (TPSA) is 82.1 Å². The second-order valence-corrected chi connectivity index (χ2v) is 6.32. The van der Waals surface area contributed by atoms with Crippen molar-refractivity contribution < 1.29 is 28.9 Å². The van der Waals surface area contributed by atoms with E-state index >= 15 is 0 Å². The van der Waals surface area contributed by atoms with Gasteiger partial charge in [0.25, 0.3) is 0 Å². The van der Waals surface area contributed by atoms with Crippen molar-refractivity contribution in [1.29, 1.82) is 0 Å². The van der Waals surface area contributed by atoms with Gasteiger partial charge in [-0.15, -0.1) is 0 Å². The van der Waals surface area contributed by atoms with Gasteiger partial charge in [0.15, 0.2) is 0 Å². The highest BCUT2D eigenvalue weighted by atomic mass is 16.6. The second-order valence-electron chi connectivity index (χ2n) is 6.32. The summed E-state index contributed by atoms with van der Waals surface area (Å²) >= 11 is 0. The molecule has 0 aromatic rings. The van der Waals surface area contributed by atoms with Gasteiger partial charge in [-0.1, -0.05) is 27.7 Å². The van der Waals surface area contributed by atoms with Crippen molar-refractivity contribution in [2.75, 3.05) is 13.2 Å². The second kappa shape index (κ2) is 10.7. The maximum Gasteiger partial charge on any atom is 0.309 e. The molecule has 140 valence electrons. The SMILES string of the molecule is CCC(CC)C(=O)OCC1OCCC(OC(=O)C(CC)CC)C1O. The molecule has 24 heavy (non-hydrogen) atoms. The number of rotatable bonds is 9. The zero-order valence-electron chi connectivity index (χ0n) is 15.3. The fraction of sp³-hybridized carbons (Fsp3) is 0.889. The van der Waals surface area contributed by atoms with Crippen LogP contribution in [0.4, 0.5) is 0 Å². The zero-order valence-corrected chi connectivity index (χ0v) is 15.3. The molecule has 3 unspecified atom stereocenters. The molecule has 1 aliphatic heterocycles. The van der Waals surface area contributed by atoms with Crippen LogP contribution in [-0.4, -0.2) is 48.6 Å². The molecule has 1 saturated heterocycles. The summed E-state index contributed by atoms with van der Waals surface area (Å²) in [7, 11) is 0. The van der Waals surface area contributed by atoms with E-state index in [0.717, 1.165) is 12.8 Å². The molecule has 1 heterocycles. The standard InChI is InChI=1S/C18H32O6/c1-5-12(6-2)17(20)23-11-15-16(19)14(9-10-22-15)24-18(21)13(7-3)8-4/h12-16,19H,5-11H2,1-4H3. The van der Waals surface area contributed by atoms with E-state index in [4.69, 9.17) is 14.2 Å². The monoisotopic (exact) mass is 344 g/mol. The molecule has 1 N–H and O–H groups in total. The average Bonchev–Trinajstić information content (AvgIpc) is 2.58. The zero-order chi connectivity index (χ0) is 18.1. The first kappa shape index (κ1) is 20.9. The van der Waals surface area contributed by atoms with Gasteiger partial charge in [-0.2, -0.15) is 0 Å². The lowest BCUT2D eigenvalue weighted by Crippen LogP contribution is -2.49. The lowest BCUT2D eigenvalue weighted by Gasteiger charge is -2.34. The lowest BCUT2D eigenvalue weighted by atomic mass is 10.0. The van der Waals surface area contributed by atoms with Gasteiger partial charge in [-0.05, 0) is 25.7 Å². The van der Waals surface area contributed by atoms with Gasteiger partial charge in [0.2, 0.25) is 0 Å². The maximum absolute atomic E-state index is 12.1. The Morgan fingerprint density at radius 1 is 1.04 bits per heavy atom. The quantitative estimate of drug-likeness (QED) is 0.647. The molecule has 0 aromatic carbocycles. The largest absolute Gasteiger partial charge is 0.463 e. The van der Waals surface area contributed by atoms with Crippen LogP contribution in [0.2, 0.25) is 0 Å². The minimum atomic E-state index is -0.980. The van der Waals surface area contributed by atoms with Crippen LogP contribution in [0.25, 0.3) is 0 Å². The van der Waals surface area contributed by atoms with E-state index < -0.39 is 18.3 Å². The van der Waals surface area contributed by atoms with Crippen LogP contribution in [0, 0.1) is 11.8 Å². The first-order valence-corrected chi connectivity index (χ1v) is 9.15. The molecule has 0 bridgehead atoms. The predicted octanol–water partition coefficient (Wildman–Crippen LogP) is 2.46. The van der Waals surface area contributed by atoms with Crippen molar-refractivity contribution in [3.63, 3.8) is 0 Å². The summed E-state index contributed by atoms with van der Waals surface area (Å²) in [6.07, 6.45) is 1.07. The third kappa shape index (κ3) is 5.74. The number of esters is 2. The van der Waals surface area contributed by atoms with Gasteiger partial charge in [0, 0.05) is 6.42 Å². The van der Waals surface area contributed by atoms with Crippen molar-refractivity contribution >= 4 is 11.9 Å².